The normalized spacial score (nSPS) is 10.7. The number of rotatable bonds is 8. The summed E-state index contributed by atoms with van der Waals surface area (Å²) in [6.45, 7) is 5.93. The summed E-state index contributed by atoms with van der Waals surface area (Å²) in [5.74, 6) is -5.34. The number of anilines is 1. The molecule has 2 aromatic carbocycles. The Bertz CT molecular complexity index is 900. The zero-order valence-electron chi connectivity index (χ0n) is 16.8. The van der Waals surface area contributed by atoms with Gasteiger partial charge in [-0.05, 0) is 49.9 Å². The highest BCUT2D eigenvalue weighted by Gasteiger charge is 2.19. The van der Waals surface area contributed by atoms with Crippen LogP contribution in [0, 0.1) is 31.3 Å². The lowest BCUT2D eigenvalue weighted by atomic mass is 10.0. The Morgan fingerprint density at radius 3 is 2.41 bits per heavy atom. The number of hydrogen-bond donors (Lipinski definition) is 1. The number of carbonyl (C=O) groups is 2. The van der Waals surface area contributed by atoms with Gasteiger partial charge in [-0.25, -0.2) is 13.2 Å². The second-order valence-corrected chi connectivity index (χ2v) is 7.02. The van der Waals surface area contributed by atoms with E-state index in [-0.39, 0.29) is 18.9 Å². The molecule has 0 heterocycles. The molecule has 0 saturated carbocycles. The smallest absolute Gasteiger partial charge is 0.244 e. The molecule has 0 aromatic heterocycles. The van der Waals surface area contributed by atoms with Crippen molar-refractivity contribution in [1.82, 2.24) is 4.90 Å². The van der Waals surface area contributed by atoms with Gasteiger partial charge in [-0.15, -0.1) is 0 Å². The molecule has 2 amide bonds. The van der Waals surface area contributed by atoms with Gasteiger partial charge in [-0.3, -0.25) is 9.59 Å². The molecule has 0 aliphatic heterocycles. The average molecular weight is 406 g/mol. The summed E-state index contributed by atoms with van der Waals surface area (Å²) < 4.78 is 40.0. The molecule has 2 rings (SSSR count). The minimum atomic E-state index is -1.65. The Balaban J connectivity index is 2.00. The second kappa shape index (κ2) is 10.1. The minimum Gasteiger partial charge on any atom is -0.333 e. The minimum absolute atomic E-state index is 0.201. The Morgan fingerprint density at radius 2 is 1.76 bits per heavy atom. The van der Waals surface area contributed by atoms with Crippen molar-refractivity contribution < 1.29 is 22.8 Å². The SMILES string of the molecule is CCCN(CC(=O)Nc1ccc(F)c(F)c1F)C(=O)CCc1ccc(C)cc1C. The van der Waals surface area contributed by atoms with Gasteiger partial charge in [0.25, 0.3) is 0 Å². The third kappa shape index (κ3) is 6.07. The quantitative estimate of drug-likeness (QED) is 0.655. The molecule has 0 saturated heterocycles. The maximum absolute atomic E-state index is 13.7. The van der Waals surface area contributed by atoms with Gasteiger partial charge in [-0.1, -0.05) is 30.7 Å². The van der Waals surface area contributed by atoms with Gasteiger partial charge in [0.05, 0.1) is 12.2 Å². The lowest BCUT2D eigenvalue weighted by Gasteiger charge is -2.22. The molecule has 4 nitrogen and oxygen atoms in total. The fourth-order valence-electron chi connectivity index (χ4n) is 3.07. The Hall–Kier alpha value is -2.83. The van der Waals surface area contributed by atoms with Crippen LogP contribution in [0.3, 0.4) is 0 Å². The number of hydrogen-bond acceptors (Lipinski definition) is 2. The Labute approximate surface area is 168 Å². The van der Waals surface area contributed by atoms with E-state index in [0.29, 0.717) is 19.4 Å². The van der Waals surface area contributed by atoms with Crippen molar-refractivity contribution in [3.05, 3.63) is 64.5 Å². The predicted molar refractivity (Wildman–Crippen MR) is 106 cm³/mol. The maximum Gasteiger partial charge on any atom is 0.244 e. The molecular formula is C22H25F3N2O2. The zero-order chi connectivity index (χ0) is 21.6. The summed E-state index contributed by atoms with van der Waals surface area (Å²) in [6, 6.07) is 7.69. The third-order valence-electron chi connectivity index (χ3n) is 4.60. The fourth-order valence-corrected chi connectivity index (χ4v) is 3.07. The van der Waals surface area contributed by atoms with Crippen molar-refractivity contribution in [2.24, 2.45) is 0 Å². The monoisotopic (exact) mass is 406 g/mol. The first-order chi connectivity index (χ1) is 13.7. The van der Waals surface area contributed by atoms with E-state index in [2.05, 4.69) is 5.32 Å². The van der Waals surface area contributed by atoms with E-state index in [1.54, 1.807) is 0 Å². The second-order valence-electron chi connectivity index (χ2n) is 7.02. The van der Waals surface area contributed by atoms with Crippen molar-refractivity contribution in [2.75, 3.05) is 18.4 Å². The van der Waals surface area contributed by atoms with Crippen LogP contribution in [-0.2, 0) is 16.0 Å². The highest BCUT2D eigenvalue weighted by atomic mass is 19.2. The number of carbonyl (C=O) groups excluding carboxylic acids is 2. The Morgan fingerprint density at radius 1 is 1.03 bits per heavy atom. The molecule has 0 atom stereocenters. The number of amides is 2. The maximum atomic E-state index is 13.7. The molecule has 0 bridgehead atoms. The van der Waals surface area contributed by atoms with Crippen LogP contribution in [0.5, 0.6) is 0 Å². The van der Waals surface area contributed by atoms with Gasteiger partial charge in [0, 0.05) is 13.0 Å². The number of aryl methyl sites for hydroxylation is 3. The summed E-state index contributed by atoms with van der Waals surface area (Å²) in [5, 5.41) is 2.20. The third-order valence-corrected chi connectivity index (χ3v) is 4.60. The largest absolute Gasteiger partial charge is 0.333 e. The summed E-state index contributed by atoms with van der Waals surface area (Å²) in [5.41, 5.74) is 2.85. The van der Waals surface area contributed by atoms with E-state index < -0.39 is 29.0 Å². The highest BCUT2D eigenvalue weighted by Crippen LogP contribution is 2.19. The standard InChI is InChI=1S/C22H25F3N2O2/c1-4-11-27(20(29)10-7-16-6-5-14(2)12-15(16)3)13-19(28)26-18-9-8-17(23)21(24)22(18)25/h5-6,8-9,12H,4,7,10-11,13H2,1-3H3,(H,26,28). The first kappa shape index (κ1) is 22.5. The van der Waals surface area contributed by atoms with E-state index in [1.165, 1.54) is 4.90 Å². The molecule has 7 heteroatoms. The van der Waals surface area contributed by atoms with Gasteiger partial charge in [0.1, 0.15) is 0 Å². The lowest BCUT2D eigenvalue weighted by molar-refractivity contribution is -0.134. The molecule has 1 N–H and O–H groups in total. The van der Waals surface area contributed by atoms with E-state index in [4.69, 9.17) is 0 Å². The zero-order valence-corrected chi connectivity index (χ0v) is 16.8. The van der Waals surface area contributed by atoms with Gasteiger partial charge in [0.2, 0.25) is 11.8 Å². The van der Waals surface area contributed by atoms with Crippen LogP contribution >= 0.6 is 0 Å². The number of nitrogens with one attached hydrogen (secondary N) is 1. The molecule has 156 valence electrons. The van der Waals surface area contributed by atoms with Gasteiger partial charge in [0.15, 0.2) is 17.5 Å². The van der Waals surface area contributed by atoms with Crippen LogP contribution < -0.4 is 5.32 Å². The van der Waals surface area contributed by atoms with Crippen LogP contribution in [0.15, 0.2) is 30.3 Å². The van der Waals surface area contributed by atoms with Gasteiger partial charge < -0.3 is 10.2 Å². The van der Waals surface area contributed by atoms with Crippen LogP contribution in [0.4, 0.5) is 18.9 Å². The number of nitrogens with zero attached hydrogens (tertiary/aromatic N) is 1. The highest BCUT2D eigenvalue weighted by molar-refractivity contribution is 5.94. The number of halogens is 3. The topological polar surface area (TPSA) is 49.4 Å². The average Bonchev–Trinajstić information content (AvgIpc) is 2.67. The molecule has 0 aliphatic rings. The molecule has 0 radical (unpaired) electrons. The fraction of sp³-hybridized carbons (Fsp3) is 0.364. The summed E-state index contributed by atoms with van der Waals surface area (Å²) >= 11 is 0. The van der Waals surface area contributed by atoms with E-state index in [9.17, 15) is 22.8 Å². The van der Waals surface area contributed by atoms with Crippen molar-refractivity contribution >= 4 is 17.5 Å². The number of benzene rings is 2. The van der Waals surface area contributed by atoms with Crippen molar-refractivity contribution in [3.63, 3.8) is 0 Å². The summed E-state index contributed by atoms with van der Waals surface area (Å²) in [7, 11) is 0. The molecule has 0 spiro atoms. The molecule has 29 heavy (non-hydrogen) atoms. The van der Waals surface area contributed by atoms with Gasteiger partial charge in [-0.2, -0.15) is 0 Å². The predicted octanol–water partition coefficient (Wildman–Crippen LogP) is 4.53. The summed E-state index contributed by atoms with van der Waals surface area (Å²) in [6.07, 6.45) is 1.42. The summed E-state index contributed by atoms with van der Waals surface area (Å²) in [4.78, 5) is 26.2. The Kier molecular flexibility index (Phi) is 7.82. The van der Waals surface area contributed by atoms with E-state index in [0.717, 1.165) is 28.8 Å². The molecule has 0 fully saturated rings. The van der Waals surface area contributed by atoms with E-state index in [1.807, 2.05) is 39.0 Å². The van der Waals surface area contributed by atoms with Crippen molar-refractivity contribution in [2.45, 2.75) is 40.0 Å². The van der Waals surface area contributed by atoms with Crippen LogP contribution in [0.2, 0.25) is 0 Å². The molecule has 2 aromatic rings. The first-order valence-corrected chi connectivity index (χ1v) is 9.50. The van der Waals surface area contributed by atoms with Crippen LogP contribution in [0.1, 0.15) is 36.5 Å². The first-order valence-electron chi connectivity index (χ1n) is 9.50. The van der Waals surface area contributed by atoms with Crippen molar-refractivity contribution in [3.8, 4) is 0 Å². The lowest BCUT2D eigenvalue weighted by Crippen LogP contribution is -2.38. The molecule has 0 aliphatic carbocycles. The van der Waals surface area contributed by atoms with Crippen molar-refractivity contribution in [1.29, 1.82) is 0 Å². The molecule has 0 unspecified atom stereocenters. The molecular weight excluding hydrogens is 381 g/mol. The van der Waals surface area contributed by atoms with Crippen LogP contribution in [0.25, 0.3) is 0 Å². The van der Waals surface area contributed by atoms with Crippen LogP contribution in [-0.4, -0.2) is 29.8 Å². The van der Waals surface area contributed by atoms with Gasteiger partial charge >= 0.3 is 0 Å². The van der Waals surface area contributed by atoms with E-state index >= 15 is 0 Å².